The summed E-state index contributed by atoms with van der Waals surface area (Å²) in [6, 6.07) is 0. The molecule has 3 rings (SSSR count). The highest BCUT2D eigenvalue weighted by Crippen LogP contribution is 2.40. The maximum absolute atomic E-state index is 10.8. The lowest BCUT2D eigenvalue weighted by atomic mass is 10.1. The Morgan fingerprint density at radius 1 is 1.03 bits per heavy atom. The van der Waals surface area contributed by atoms with Gasteiger partial charge in [-0.1, -0.05) is 55.4 Å². The molecule has 0 aromatic carbocycles. The number of ether oxygens (including phenoxy) is 1. The third-order valence-electron chi connectivity index (χ3n) is 6.72. The summed E-state index contributed by atoms with van der Waals surface area (Å²) in [4.78, 5) is 12.4. The van der Waals surface area contributed by atoms with Crippen molar-refractivity contribution in [2.24, 2.45) is 0 Å². The zero-order chi connectivity index (χ0) is 25.4. The highest BCUT2D eigenvalue weighted by atomic mass is 28.4. The van der Waals surface area contributed by atoms with Crippen LogP contribution >= 0.6 is 0 Å². The number of aliphatic hydroxyl groups excluding tert-OH is 2. The van der Waals surface area contributed by atoms with Crippen molar-refractivity contribution in [1.82, 2.24) is 19.5 Å². The van der Waals surface area contributed by atoms with E-state index in [4.69, 9.17) is 19.0 Å². The number of anilines is 1. The fourth-order valence-electron chi connectivity index (χ4n) is 4.93. The van der Waals surface area contributed by atoms with Gasteiger partial charge >= 0.3 is 8.56 Å². The van der Waals surface area contributed by atoms with Gasteiger partial charge in [-0.2, -0.15) is 0 Å². The highest BCUT2D eigenvalue weighted by Gasteiger charge is 2.50. The molecular weight excluding hydrogens is 470 g/mol. The number of hydrogen-bond acceptors (Lipinski definition) is 9. The van der Waals surface area contributed by atoms with Crippen LogP contribution in [-0.2, 0) is 13.3 Å². The second-order valence-corrected chi connectivity index (χ2v) is 19.1. The first-order chi connectivity index (χ1) is 15.9. The number of aliphatic hydroxyl groups is 2. The number of nitrogen functional groups attached to an aromatic ring is 1. The molecule has 1 aliphatic rings. The first-order valence-corrected chi connectivity index (χ1v) is 15.9. The zero-order valence-corrected chi connectivity index (χ0v) is 23.7. The van der Waals surface area contributed by atoms with Crippen molar-refractivity contribution in [1.29, 1.82) is 0 Å². The van der Waals surface area contributed by atoms with Crippen LogP contribution in [0.2, 0.25) is 22.2 Å². The summed E-state index contributed by atoms with van der Waals surface area (Å²) in [5, 5.41) is 21.6. The molecule has 4 N–H and O–H groups in total. The summed E-state index contributed by atoms with van der Waals surface area (Å²) in [6.45, 7) is 17.7. The molecule has 0 saturated carbocycles. The smallest absolute Gasteiger partial charge is 0.333 e. The van der Waals surface area contributed by atoms with Gasteiger partial charge in [-0.05, 0) is 22.2 Å². The standard InChI is InChI=1S/C22H41N5O5Si2/c1-12(2)33(13(3)4)32-34(14(5)6,15(7)8)30-9-16-18(28)19(29)22(31-16)27-11-26-17-20(23)24-10-25-21(17)27/h10-16,18-19,22,28-29,33H,9H2,1-8H3,(H2,23,24,25)/t16-,18?,19-,22-/m1/s1. The van der Waals surface area contributed by atoms with Crippen LogP contribution in [0.4, 0.5) is 5.82 Å². The van der Waals surface area contributed by atoms with Crippen LogP contribution < -0.4 is 5.73 Å². The van der Waals surface area contributed by atoms with Crippen molar-refractivity contribution in [2.75, 3.05) is 12.3 Å². The number of fused-ring (bicyclic) bond motifs is 1. The van der Waals surface area contributed by atoms with E-state index in [1.54, 1.807) is 4.57 Å². The Morgan fingerprint density at radius 3 is 2.21 bits per heavy atom. The van der Waals surface area contributed by atoms with E-state index in [0.717, 1.165) is 0 Å². The summed E-state index contributed by atoms with van der Waals surface area (Å²) >= 11 is 0. The molecule has 2 aromatic heterocycles. The van der Waals surface area contributed by atoms with Gasteiger partial charge in [-0.15, -0.1) is 0 Å². The third-order valence-corrected chi connectivity index (χ3v) is 15.7. The molecule has 1 fully saturated rings. The average Bonchev–Trinajstić information content (AvgIpc) is 3.30. The average molecular weight is 512 g/mol. The molecule has 2 aromatic rings. The molecule has 12 heteroatoms. The monoisotopic (exact) mass is 511 g/mol. The Kier molecular flexibility index (Phi) is 8.54. The molecule has 10 nitrogen and oxygen atoms in total. The van der Waals surface area contributed by atoms with Gasteiger partial charge in [-0.25, -0.2) is 15.0 Å². The fraction of sp³-hybridized carbons (Fsp3) is 0.773. The second-order valence-electron chi connectivity index (χ2n) is 10.5. The molecule has 1 unspecified atom stereocenters. The molecule has 0 radical (unpaired) electrons. The van der Waals surface area contributed by atoms with Gasteiger partial charge in [0.05, 0.1) is 12.9 Å². The molecule has 34 heavy (non-hydrogen) atoms. The van der Waals surface area contributed by atoms with E-state index in [9.17, 15) is 10.2 Å². The molecule has 4 atom stereocenters. The zero-order valence-electron chi connectivity index (χ0n) is 21.5. The van der Waals surface area contributed by atoms with Gasteiger partial charge in [0.25, 0.3) is 0 Å². The van der Waals surface area contributed by atoms with E-state index in [-0.39, 0.29) is 23.5 Å². The molecule has 0 aliphatic carbocycles. The molecule has 192 valence electrons. The number of nitrogens with zero attached hydrogens (tertiary/aromatic N) is 4. The van der Waals surface area contributed by atoms with Gasteiger partial charge in [0.2, 0.25) is 0 Å². The maximum Gasteiger partial charge on any atom is 0.333 e. The number of aromatic nitrogens is 4. The predicted octanol–water partition coefficient (Wildman–Crippen LogP) is 2.87. The Balaban J connectivity index is 1.82. The predicted molar refractivity (Wildman–Crippen MR) is 136 cm³/mol. The van der Waals surface area contributed by atoms with Crippen molar-refractivity contribution in [2.45, 2.75) is 102 Å². The minimum atomic E-state index is -2.66. The summed E-state index contributed by atoms with van der Waals surface area (Å²) < 4.78 is 21.3. The number of rotatable bonds is 10. The maximum atomic E-state index is 10.8. The summed E-state index contributed by atoms with van der Waals surface area (Å²) in [7, 11) is -4.22. The van der Waals surface area contributed by atoms with Gasteiger partial charge in [-0.3, -0.25) is 4.57 Å². The quantitative estimate of drug-likeness (QED) is 0.411. The number of hydrogen-bond donors (Lipinski definition) is 3. The van der Waals surface area contributed by atoms with Gasteiger partial charge in [0, 0.05) is 0 Å². The van der Waals surface area contributed by atoms with Crippen LogP contribution in [0.5, 0.6) is 0 Å². The largest absolute Gasteiger partial charge is 0.437 e. The first-order valence-electron chi connectivity index (χ1n) is 12.2. The van der Waals surface area contributed by atoms with Crippen molar-refractivity contribution in [3.8, 4) is 0 Å². The van der Waals surface area contributed by atoms with E-state index in [1.165, 1.54) is 12.7 Å². The molecular formula is C22H41N5O5Si2. The number of imidazole rings is 1. The van der Waals surface area contributed by atoms with E-state index < -0.39 is 42.1 Å². The lowest BCUT2D eigenvalue weighted by molar-refractivity contribution is -0.0515. The lowest BCUT2D eigenvalue weighted by Gasteiger charge is -2.43. The Bertz CT molecular complexity index is 941. The van der Waals surface area contributed by atoms with Crippen molar-refractivity contribution < 1.29 is 23.5 Å². The van der Waals surface area contributed by atoms with Crippen LogP contribution in [0, 0.1) is 0 Å². The molecule has 1 aliphatic heterocycles. The van der Waals surface area contributed by atoms with Crippen LogP contribution in [-0.4, -0.2) is 72.3 Å². The Hall–Kier alpha value is -1.42. The topological polar surface area (TPSA) is 138 Å². The van der Waals surface area contributed by atoms with Gasteiger partial charge in [0.15, 0.2) is 26.7 Å². The molecule has 0 amide bonds. The SMILES string of the molecule is CC(C)[SiH](O[Si](OC[C@H]1O[C@@H](n2cnc3c(N)ncnc32)[C@H](O)C1O)(C(C)C)C(C)C)C(C)C. The van der Waals surface area contributed by atoms with Crippen LogP contribution in [0.3, 0.4) is 0 Å². The van der Waals surface area contributed by atoms with Gasteiger partial charge < -0.3 is 29.2 Å². The summed E-state index contributed by atoms with van der Waals surface area (Å²) in [6.07, 6.45) is -1.07. The number of nitrogens with two attached hydrogens (primary N) is 1. The molecule has 0 spiro atoms. The minimum absolute atomic E-state index is 0.137. The van der Waals surface area contributed by atoms with E-state index in [2.05, 4.69) is 70.3 Å². The van der Waals surface area contributed by atoms with Crippen LogP contribution in [0.1, 0.15) is 61.6 Å². The van der Waals surface area contributed by atoms with Gasteiger partial charge in [0.1, 0.15) is 30.2 Å². The summed E-state index contributed by atoms with van der Waals surface area (Å²) in [5.41, 5.74) is 8.15. The Labute approximate surface area is 204 Å². The normalized spacial score (nSPS) is 24.1. The molecule has 1 saturated heterocycles. The van der Waals surface area contributed by atoms with Crippen LogP contribution in [0.15, 0.2) is 12.7 Å². The molecule has 0 bridgehead atoms. The van der Waals surface area contributed by atoms with E-state index in [0.29, 0.717) is 22.2 Å². The Morgan fingerprint density at radius 2 is 1.65 bits per heavy atom. The van der Waals surface area contributed by atoms with Crippen LogP contribution in [0.25, 0.3) is 11.2 Å². The minimum Gasteiger partial charge on any atom is -0.437 e. The third kappa shape index (κ3) is 5.08. The summed E-state index contributed by atoms with van der Waals surface area (Å²) in [5.74, 6) is 0.243. The van der Waals surface area contributed by atoms with Crippen molar-refractivity contribution in [3.63, 3.8) is 0 Å². The highest BCUT2D eigenvalue weighted by molar-refractivity contribution is 6.78. The lowest BCUT2D eigenvalue weighted by Crippen LogP contribution is -2.54. The first kappa shape index (κ1) is 27.2. The van der Waals surface area contributed by atoms with Crippen molar-refractivity contribution in [3.05, 3.63) is 12.7 Å². The molecule has 3 heterocycles. The second kappa shape index (κ2) is 10.7. The van der Waals surface area contributed by atoms with E-state index in [1.807, 2.05) is 0 Å². The van der Waals surface area contributed by atoms with E-state index >= 15 is 0 Å². The van der Waals surface area contributed by atoms with Crippen molar-refractivity contribution >= 4 is 34.6 Å². The fourth-order valence-corrected chi connectivity index (χ4v) is 15.2.